The van der Waals surface area contributed by atoms with Crippen LogP contribution in [0.4, 0.5) is 8.78 Å². The van der Waals surface area contributed by atoms with E-state index in [0.717, 1.165) is 11.3 Å². The quantitative estimate of drug-likeness (QED) is 0.870. The van der Waals surface area contributed by atoms with Gasteiger partial charge in [0.1, 0.15) is 5.75 Å². The molecule has 5 heteroatoms. The van der Waals surface area contributed by atoms with Crippen LogP contribution < -0.4 is 10.1 Å². The first-order chi connectivity index (χ1) is 10.1. The van der Waals surface area contributed by atoms with Gasteiger partial charge in [-0.3, -0.25) is 4.98 Å². The first kappa shape index (κ1) is 15.4. The van der Waals surface area contributed by atoms with Crippen molar-refractivity contribution in [2.45, 2.75) is 32.5 Å². The minimum absolute atomic E-state index is 0.0109. The Bertz CT molecular complexity index is 563. The maximum absolute atomic E-state index is 12.2. The van der Waals surface area contributed by atoms with Gasteiger partial charge in [0.2, 0.25) is 0 Å². The van der Waals surface area contributed by atoms with E-state index in [9.17, 15) is 8.78 Å². The molecule has 1 aromatic heterocycles. The molecule has 0 spiro atoms. The van der Waals surface area contributed by atoms with Gasteiger partial charge in [-0.15, -0.1) is 0 Å². The molecular formula is C16H18F2N2O. The van der Waals surface area contributed by atoms with Gasteiger partial charge in [0.15, 0.2) is 0 Å². The van der Waals surface area contributed by atoms with Crippen molar-refractivity contribution in [3.63, 3.8) is 0 Å². The van der Waals surface area contributed by atoms with Crippen LogP contribution in [0.2, 0.25) is 0 Å². The molecule has 1 N–H and O–H groups in total. The third kappa shape index (κ3) is 4.49. The Hall–Kier alpha value is -2.01. The van der Waals surface area contributed by atoms with Crippen LogP contribution in [-0.4, -0.2) is 11.6 Å². The predicted octanol–water partition coefficient (Wildman–Crippen LogP) is 4.09. The third-order valence-corrected chi connectivity index (χ3v) is 3.21. The highest BCUT2D eigenvalue weighted by Crippen LogP contribution is 2.22. The molecule has 1 heterocycles. The molecule has 0 amide bonds. The van der Waals surface area contributed by atoms with Crippen molar-refractivity contribution >= 4 is 0 Å². The summed E-state index contributed by atoms with van der Waals surface area (Å²) in [6, 6.07) is 12.5. The van der Waals surface area contributed by atoms with Crippen molar-refractivity contribution in [3.8, 4) is 5.75 Å². The van der Waals surface area contributed by atoms with Crippen LogP contribution in [-0.2, 0) is 0 Å². The zero-order chi connectivity index (χ0) is 15.2. The average Bonchev–Trinajstić information content (AvgIpc) is 2.47. The highest BCUT2D eigenvalue weighted by Gasteiger charge is 2.13. The molecule has 0 fully saturated rings. The van der Waals surface area contributed by atoms with Gasteiger partial charge in [-0.25, -0.2) is 0 Å². The predicted molar refractivity (Wildman–Crippen MR) is 77.3 cm³/mol. The van der Waals surface area contributed by atoms with Gasteiger partial charge in [-0.05, 0) is 43.7 Å². The smallest absolute Gasteiger partial charge is 0.387 e. The lowest BCUT2D eigenvalue weighted by Crippen LogP contribution is -2.23. The third-order valence-electron chi connectivity index (χ3n) is 3.21. The molecule has 0 radical (unpaired) electrons. The molecule has 0 aliphatic heterocycles. The molecule has 0 aliphatic carbocycles. The Balaban J connectivity index is 2.04. The van der Waals surface area contributed by atoms with E-state index in [1.54, 1.807) is 18.3 Å². The molecule has 3 nitrogen and oxygen atoms in total. The van der Waals surface area contributed by atoms with Crippen LogP contribution >= 0.6 is 0 Å². The van der Waals surface area contributed by atoms with Crippen molar-refractivity contribution in [2.24, 2.45) is 0 Å². The number of nitrogens with one attached hydrogen (secondary N) is 1. The van der Waals surface area contributed by atoms with E-state index in [4.69, 9.17) is 0 Å². The van der Waals surface area contributed by atoms with Crippen LogP contribution in [0, 0.1) is 0 Å². The standard InChI is InChI=1S/C16H18F2N2O/c1-11(20-12(2)15-8-3-4-9-19-15)13-6-5-7-14(10-13)21-16(17)18/h3-12,16,20H,1-2H3/t11?,12-/m0/s1. The molecule has 2 rings (SSSR count). The Labute approximate surface area is 123 Å². The van der Waals surface area contributed by atoms with Gasteiger partial charge in [0, 0.05) is 18.3 Å². The van der Waals surface area contributed by atoms with Gasteiger partial charge < -0.3 is 10.1 Å². The molecule has 21 heavy (non-hydrogen) atoms. The number of pyridine rings is 1. The molecule has 0 saturated heterocycles. The zero-order valence-electron chi connectivity index (χ0n) is 12.0. The molecule has 112 valence electrons. The van der Waals surface area contributed by atoms with Gasteiger partial charge in [0.25, 0.3) is 0 Å². The molecule has 1 aromatic carbocycles. The van der Waals surface area contributed by atoms with E-state index in [-0.39, 0.29) is 17.8 Å². The fraction of sp³-hybridized carbons (Fsp3) is 0.312. The van der Waals surface area contributed by atoms with Crippen LogP contribution in [0.15, 0.2) is 48.7 Å². The van der Waals surface area contributed by atoms with E-state index >= 15 is 0 Å². The fourth-order valence-electron chi connectivity index (χ4n) is 2.15. The second-order valence-electron chi connectivity index (χ2n) is 4.82. The van der Waals surface area contributed by atoms with E-state index in [1.165, 1.54) is 6.07 Å². The van der Waals surface area contributed by atoms with Crippen LogP contribution in [0.5, 0.6) is 5.75 Å². The summed E-state index contributed by atoms with van der Waals surface area (Å²) in [6.45, 7) is 1.18. The molecule has 0 aliphatic rings. The molecular weight excluding hydrogens is 274 g/mol. The van der Waals surface area contributed by atoms with Crippen molar-refractivity contribution in [2.75, 3.05) is 0 Å². The highest BCUT2D eigenvalue weighted by molar-refractivity contribution is 5.30. The topological polar surface area (TPSA) is 34.2 Å². The number of aromatic nitrogens is 1. The number of ether oxygens (including phenoxy) is 1. The second kappa shape index (κ2) is 7.13. The summed E-state index contributed by atoms with van der Waals surface area (Å²) < 4.78 is 28.9. The summed E-state index contributed by atoms with van der Waals surface area (Å²) in [5.41, 5.74) is 1.82. The van der Waals surface area contributed by atoms with E-state index < -0.39 is 6.61 Å². The Morgan fingerprint density at radius 3 is 2.52 bits per heavy atom. The van der Waals surface area contributed by atoms with Crippen molar-refractivity contribution in [1.82, 2.24) is 10.3 Å². The molecule has 0 bridgehead atoms. The minimum atomic E-state index is -2.81. The minimum Gasteiger partial charge on any atom is -0.435 e. The van der Waals surface area contributed by atoms with Gasteiger partial charge >= 0.3 is 6.61 Å². The lowest BCUT2D eigenvalue weighted by molar-refractivity contribution is -0.0499. The summed E-state index contributed by atoms with van der Waals surface area (Å²) in [4.78, 5) is 4.30. The van der Waals surface area contributed by atoms with Crippen molar-refractivity contribution in [3.05, 3.63) is 59.9 Å². The largest absolute Gasteiger partial charge is 0.435 e. The zero-order valence-corrected chi connectivity index (χ0v) is 12.0. The van der Waals surface area contributed by atoms with E-state index in [2.05, 4.69) is 15.0 Å². The summed E-state index contributed by atoms with van der Waals surface area (Å²) >= 11 is 0. The van der Waals surface area contributed by atoms with Gasteiger partial charge in [0.05, 0.1) is 5.69 Å². The molecule has 0 saturated carbocycles. The Morgan fingerprint density at radius 2 is 1.86 bits per heavy atom. The van der Waals surface area contributed by atoms with Crippen molar-refractivity contribution in [1.29, 1.82) is 0 Å². The highest BCUT2D eigenvalue weighted by atomic mass is 19.3. The maximum Gasteiger partial charge on any atom is 0.387 e. The summed E-state index contributed by atoms with van der Waals surface area (Å²) in [7, 11) is 0. The number of hydrogen-bond acceptors (Lipinski definition) is 3. The molecule has 2 atom stereocenters. The monoisotopic (exact) mass is 292 g/mol. The van der Waals surface area contributed by atoms with Gasteiger partial charge in [-0.1, -0.05) is 18.2 Å². The number of alkyl halides is 2. The first-order valence-corrected chi connectivity index (χ1v) is 6.78. The Morgan fingerprint density at radius 1 is 1.05 bits per heavy atom. The van der Waals surface area contributed by atoms with E-state index in [1.807, 2.05) is 38.1 Å². The van der Waals surface area contributed by atoms with Crippen molar-refractivity contribution < 1.29 is 13.5 Å². The van der Waals surface area contributed by atoms with Crippen LogP contribution in [0.25, 0.3) is 0 Å². The number of benzene rings is 1. The fourth-order valence-corrected chi connectivity index (χ4v) is 2.15. The number of hydrogen-bond donors (Lipinski definition) is 1. The van der Waals surface area contributed by atoms with Crippen LogP contribution in [0.3, 0.4) is 0 Å². The SMILES string of the molecule is CC(N[C@@H](C)c1ccccn1)c1cccc(OC(F)F)c1. The second-order valence-corrected chi connectivity index (χ2v) is 4.82. The maximum atomic E-state index is 12.2. The number of rotatable bonds is 6. The summed E-state index contributed by atoms with van der Waals surface area (Å²) in [5, 5.41) is 3.39. The lowest BCUT2D eigenvalue weighted by Gasteiger charge is -2.20. The Kier molecular flexibility index (Phi) is 5.22. The van der Waals surface area contributed by atoms with Crippen LogP contribution in [0.1, 0.15) is 37.2 Å². The lowest BCUT2D eigenvalue weighted by atomic mass is 10.1. The molecule has 1 unspecified atom stereocenters. The first-order valence-electron chi connectivity index (χ1n) is 6.78. The van der Waals surface area contributed by atoms with E-state index in [0.29, 0.717) is 0 Å². The summed E-state index contributed by atoms with van der Waals surface area (Å²) in [6.07, 6.45) is 1.75. The normalized spacial score (nSPS) is 14.0. The number of nitrogens with zero attached hydrogens (tertiary/aromatic N) is 1. The number of halogens is 2. The average molecular weight is 292 g/mol. The van der Waals surface area contributed by atoms with Gasteiger partial charge in [-0.2, -0.15) is 8.78 Å². The summed E-state index contributed by atoms with van der Waals surface area (Å²) in [5.74, 6) is 0.168. The molecule has 2 aromatic rings.